The van der Waals surface area contributed by atoms with E-state index in [4.69, 9.17) is 0 Å². The van der Waals surface area contributed by atoms with Crippen LogP contribution in [0, 0.1) is 0 Å². The summed E-state index contributed by atoms with van der Waals surface area (Å²) in [6, 6.07) is 9.55. The van der Waals surface area contributed by atoms with Gasteiger partial charge < -0.3 is 9.55 Å². The van der Waals surface area contributed by atoms with Crippen molar-refractivity contribution in [2.24, 2.45) is 0 Å². The zero-order valence-corrected chi connectivity index (χ0v) is 15.9. The molecule has 0 saturated carbocycles. The predicted octanol–water partition coefficient (Wildman–Crippen LogP) is 2.86. The summed E-state index contributed by atoms with van der Waals surface area (Å²) in [5.41, 5.74) is -0.0369. The lowest BCUT2D eigenvalue weighted by Crippen LogP contribution is -2.25. The molecule has 8 heteroatoms. The third-order valence-corrected chi connectivity index (χ3v) is 6.25. The summed E-state index contributed by atoms with van der Waals surface area (Å²) in [5.74, 6) is 0. The number of aromatic amines is 1. The standard InChI is InChI=1S/C19H18N4O3S/c1-19(2,3)23-10-9-13(24)15-16-14(11-20-17(16)21-22-18(15)23)27(25,26)12-7-5-4-6-8-12/h4-11H,1-3H3,(H,20,21). The smallest absolute Gasteiger partial charge is 0.208 e. The fourth-order valence-corrected chi connectivity index (χ4v) is 4.60. The van der Waals surface area contributed by atoms with Crippen LogP contribution >= 0.6 is 0 Å². The van der Waals surface area contributed by atoms with Crippen LogP contribution in [0.3, 0.4) is 0 Å². The number of benzene rings is 1. The van der Waals surface area contributed by atoms with Gasteiger partial charge in [0.05, 0.1) is 20.6 Å². The van der Waals surface area contributed by atoms with Gasteiger partial charge in [0.25, 0.3) is 0 Å². The van der Waals surface area contributed by atoms with Crippen molar-refractivity contribution in [2.75, 3.05) is 0 Å². The second kappa shape index (κ2) is 5.75. The van der Waals surface area contributed by atoms with Gasteiger partial charge in [-0.05, 0) is 32.9 Å². The molecule has 0 aliphatic rings. The molecule has 3 aromatic heterocycles. The molecule has 0 atom stereocenters. The van der Waals surface area contributed by atoms with Crippen LogP contribution in [0.25, 0.3) is 22.1 Å². The molecular formula is C19H18N4O3S. The Morgan fingerprint density at radius 2 is 1.70 bits per heavy atom. The lowest BCUT2D eigenvalue weighted by atomic mass is 10.1. The van der Waals surface area contributed by atoms with Crippen LogP contribution in [0.5, 0.6) is 0 Å². The number of hydrogen-bond acceptors (Lipinski definition) is 5. The predicted molar refractivity (Wildman–Crippen MR) is 103 cm³/mol. The van der Waals surface area contributed by atoms with Gasteiger partial charge in [-0.1, -0.05) is 18.2 Å². The highest BCUT2D eigenvalue weighted by molar-refractivity contribution is 7.91. The minimum absolute atomic E-state index is 0.0207. The van der Waals surface area contributed by atoms with E-state index >= 15 is 0 Å². The van der Waals surface area contributed by atoms with Gasteiger partial charge in [-0.25, -0.2) is 8.42 Å². The normalized spacial score (nSPS) is 12.7. The fraction of sp³-hybridized carbons (Fsp3) is 0.211. The second-order valence-electron chi connectivity index (χ2n) is 7.31. The first-order valence-corrected chi connectivity index (χ1v) is 9.89. The van der Waals surface area contributed by atoms with Gasteiger partial charge in [-0.3, -0.25) is 4.79 Å². The molecule has 1 N–H and O–H groups in total. The first-order chi connectivity index (χ1) is 12.7. The van der Waals surface area contributed by atoms with Crippen molar-refractivity contribution in [3.63, 3.8) is 0 Å². The number of nitrogens with zero attached hydrogens (tertiary/aromatic N) is 3. The molecule has 138 valence electrons. The number of H-pyrrole nitrogens is 1. The fourth-order valence-electron chi connectivity index (χ4n) is 3.15. The van der Waals surface area contributed by atoms with E-state index in [-0.39, 0.29) is 37.2 Å². The van der Waals surface area contributed by atoms with Crippen molar-refractivity contribution >= 4 is 31.9 Å². The van der Waals surface area contributed by atoms with Gasteiger partial charge in [-0.15, -0.1) is 10.2 Å². The quantitative estimate of drug-likeness (QED) is 0.575. The molecule has 0 spiro atoms. The number of hydrogen-bond donors (Lipinski definition) is 1. The number of pyridine rings is 1. The van der Waals surface area contributed by atoms with Crippen LogP contribution in [0.4, 0.5) is 0 Å². The van der Waals surface area contributed by atoms with E-state index in [1.54, 1.807) is 24.4 Å². The molecule has 4 aromatic rings. The average molecular weight is 382 g/mol. The summed E-state index contributed by atoms with van der Waals surface area (Å²) in [6.07, 6.45) is 3.03. The topological polar surface area (TPSA) is 97.7 Å². The number of fused-ring (bicyclic) bond motifs is 3. The van der Waals surface area contributed by atoms with Gasteiger partial charge in [0.15, 0.2) is 16.7 Å². The van der Waals surface area contributed by atoms with Crippen molar-refractivity contribution < 1.29 is 8.42 Å². The van der Waals surface area contributed by atoms with Crippen LogP contribution < -0.4 is 5.43 Å². The van der Waals surface area contributed by atoms with Crippen molar-refractivity contribution in [3.05, 3.63) is 59.0 Å². The summed E-state index contributed by atoms with van der Waals surface area (Å²) >= 11 is 0. The molecule has 7 nitrogen and oxygen atoms in total. The van der Waals surface area contributed by atoms with E-state index < -0.39 is 9.84 Å². The molecule has 0 saturated heterocycles. The van der Waals surface area contributed by atoms with E-state index in [0.29, 0.717) is 5.65 Å². The minimum Gasteiger partial charge on any atom is -0.343 e. The molecule has 3 heterocycles. The lowest BCUT2D eigenvalue weighted by molar-refractivity contribution is 0.405. The highest BCUT2D eigenvalue weighted by atomic mass is 32.2. The molecule has 0 fully saturated rings. The number of nitrogens with one attached hydrogen (secondary N) is 1. The van der Waals surface area contributed by atoms with E-state index in [1.807, 2.05) is 25.3 Å². The Balaban J connectivity index is 2.16. The van der Waals surface area contributed by atoms with Crippen molar-refractivity contribution in [1.82, 2.24) is 19.7 Å². The van der Waals surface area contributed by atoms with Gasteiger partial charge in [0.2, 0.25) is 9.84 Å². The van der Waals surface area contributed by atoms with Gasteiger partial charge in [0, 0.05) is 24.0 Å². The van der Waals surface area contributed by atoms with Crippen LogP contribution in [0.15, 0.2) is 63.4 Å². The van der Waals surface area contributed by atoms with E-state index in [1.165, 1.54) is 24.4 Å². The lowest BCUT2D eigenvalue weighted by Gasteiger charge is -2.24. The summed E-state index contributed by atoms with van der Waals surface area (Å²) in [7, 11) is -3.83. The Hall–Kier alpha value is -3.00. The van der Waals surface area contributed by atoms with E-state index in [9.17, 15) is 13.2 Å². The molecule has 4 rings (SSSR count). The van der Waals surface area contributed by atoms with Gasteiger partial charge in [-0.2, -0.15) is 0 Å². The monoisotopic (exact) mass is 382 g/mol. The molecule has 0 amide bonds. The van der Waals surface area contributed by atoms with Crippen LogP contribution in [-0.4, -0.2) is 28.2 Å². The molecule has 0 aliphatic heterocycles. The van der Waals surface area contributed by atoms with Crippen LogP contribution in [-0.2, 0) is 15.4 Å². The molecule has 0 aliphatic carbocycles. The summed E-state index contributed by atoms with van der Waals surface area (Å²) < 4.78 is 28.2. The maximum atomic E-state index is 13.2. The Bertz CT molecular complexity index is 1330. The number of sulfone groups is 1. The molecule has 27 heavy (non-hydrogen) atoms. The summed E-state index contributed by atoms with van der Waals surface area (Å²) in [6.45, 7) is 5.92. The SMILES string of the molecule is CC(C)(C)n1ccc(=O)c2c3c(S(=O)(=O)c4ccccc4)c[nH]c3nnc21. The van der Waals surface area contributed by atoms with Crippen molar-refractivity contribution in [2.45, 2.75) is 36.1 Å². The Labute approximate surface area is 155 Å². The molecule has 0 bridgehead atoms. The van der Waals surface area contributed by atoms with E-state index in [2.05, 4.69) is 15.2 Å². The number of rotatable bonds is 2. The van der Waals surface area contributed by atoms with Crippen molar-refractivity contribution in [1.29, 1.82) is 0 Å². The Kier molecular flexibility index (Phi) is 3.71. The first kappa shape index (κ1) is 17.4. The maximum Gasteiger partial charge on any atom is 0.208 e. The molecular weight excluding hydrogens is 364 g/mol. The first-order valence-electron chi connectivity index (χ1n) is 8.41. The second-order valence-corrected chi connectivity index (χ2v) is 9.23. The average Bonchev–Trinajstić information content (AvgIpc) is 3.06. The highest BCUT2D eigenvalue weighted by Crippen LogP contribution is 2.31. The van der Waals surface area contributed by atoms with Gasteiger partial charge in [0.1, 0.15) is 0 Å². The highest BCUT2D eigenvalue weighted by Gasteiger charge is 2.26. The largest absolute Gasteiger partial charge is 0.343 e. The van der Waals surface area contributed by atoms with Gasteiger partial charge >= 0.3 is 0 Å². The number of aromatic nitrogens is 4. The summed E-state index contributed by atoms with van der Waals surface area (Å²) in [4.78, 5) is 15.7. The van der Waals surface area contributed by atoms with Crippen LogP contribution in [0.2, 0.25) is 0 Å². The minimum atomic E-state index is -3.83. The maximum absolute atomic E-state index is 13.2. The summed E-state index contributed by atoms with van der Waals surface area (Å²) in [5, 5.41) is 8.83. The van der Waals surface area contributed by atoms with Crippen molar-refractivity contribution in [3.8, 4) is 0 Å². The molecule has 0 radical (unpaired) electrons. The zero-order valence-electron chi connectivity index (χ0n) is 15.1. The molecule has 1 aromatic carbocycles. The third kappa shape index (κ3) is 2.64. The zero-order chi connectivity index (χ0) is 19.4. The third-order valence-electron chi connectivity index (χ3n) is 4.46. The Morgan fingerprint density at radius 1 is 1.00 bits per heavy atom. The van der Waals surface area contributed by atoms with Crippen LogP contribution in [0.1, 0.15) is 20.8 Å². The van der Waals surface area contributed by atoms with E-state index in [0.717, 1.165) is 0 Å². The molecule has 0 unspecified atom stereocenters. The Morgan fingerprint density at radius 3 is 2.37 bits per heavy atom.